The molecule has 19 heavy (non-hydrogen) atoms. The van der Waals surface area contributed by atoms with E-state index in [1.54, 1.807) is 0 Å². The molecule has 0 radical (unpaired) electrons. The molecule has 0 unspecified atom stereocenters. The lowest BCUT2D eigenvalue weighted by atomic mass is 10.0. The zero-order valence-electron chi connectivity index (χ0n) is 13.0. The van der Waals surface area contributed by atoms with Crippen molar-refractivity contribution in [2.45, 2.75) is 96.8 Å². The fraction of sp³-hybridized carbons (Fsp3) is 1.00. The van der Waals surface area contributed by atoms with E-state index in [4.69, 9.17) is 5.26 Å². The Morgan fingerprint density at radius 2 is 1.00 bits per heavy atom. The molecule has 0 fully saturated rings. The van der Waals surface area contributed by atoms with Crippen molar-refractivity contribution < 1.29 is 10.2 Å². The average Bonchev–Trinajstić information content (AvgIpc) is 2.43. The first-order valence-corrected chi connectivity index (χ1v) is 8.45. The zero-order valence-corrected chi connectivity index (χ0v) is 13.0. The summed E-state index contributed by atoms with van der Waals surface area (Å²) in [5.74, 6) is 0. The fourth-order valence-corrected chi connectivity index (χ4v) is 2.44. The van der Waals surface area contributed by atoms with Crippen LogP contribution in [-0.2, 0) is 4.99 Å². The fourth-order valence-electron chi connectivity index (χ4n) is 2.44. The first kappa shape index (κ1) is 18.9. The summed E-state index contributed by atoms with van der Waals surface area (Å²) in [4.78, 5) is 3.81. The lowest BCUT2D eigenvalue weighted by molar-refractivity contribution is -0.291. The molecule has 0 heterocycles. The summed E-state index contributed by atoms with van der Waals surface area (Å²) in [6.07, 6.45) is 19.2. The van der Waals surface area contributed by atoms with Crippen molar-refractivity contribution in [3.8, 4) is 0 Å². The predicted molar refractivity (Wildman–Crippen MR) is 82.0 cm³/mol. The van der Waals surface area contributed by atoms with Gasteiger partial charge in [0.05, 0.1) is 0 Å². The summed E-state index contributed by atoms with van der Waals surface area (Å²) in [5, 5.41) is 8.06. The Morgan fingerprint density at radius 1 is 0.632 bits per heavy atom. The van der Waals surface area contributed by atoms with Gasteiger partial charge in [-0.25, -0.2) is 5.26 Å². The number of rotatable bonds is 16. The minimum Gasteiger partial charge on any atom is -0.233 e. The van der Waals surface area contributed by atoms with Crippen LogP contribution in [0.15, 0.2) is 0 Å². The maximum atomic E-state index is 8.06. The minimum absolute atomic E-state index is 0.745. The summed E-state index contributed by atoms with van der Waals surface area (Å²) >= 11 is 0. The Kier molecular flexibility index (Phi) is 17.8. The molecule has 3 heteroatoms. The maximum absolute atomic E-state index is 8.06. The van der Waals surface area contributed by atoms with Gasteiger partial charge in [-0.3, -0.25) is 0 Å². The summed E-state index contributed by atoms with van der Waals surface area (Å²) in [6, 6.07) is 0. The number of unbranched alkanes of at least 4 members (excludes halogenated alkanes) is 13. The molecule has 0 aromatic rings. The highest BCUT2D eigenvalue weighted by Gasteiger charge is 1.94. The van der Waals surface area contributed by atoms with Gasteiger partial charge in [0.15, 0.2) is 0 Å². The minimum atomic E-state index is 0.745. The Balaban J connectivity index is 2.88. The molecule has 116 valence electrons. The molecule has 0 aromatic heterocycles. The van der Waals surface area contributed by atoms with Crippen molar-refractivity contribution >= 4 is 0 Å². The van der Waals surface area contributed by atoms with Gasteiger partial charge in [0.1, 0.15) is 0 Å². The molecular formula is C16H35NO2. The van der Waals surface area contributed by atoms with Crippen LogP contribution in [0.2, 0.25) is 0 Å². The Bertz CT molecular complexity index is 138. The average molecular weight is 273 g/mol. The molecule has 3 nitrogen and oxygen atoms in total. The van der Waals surface area contributed by atoms with E-state index in [0.29, 0.717) is 0 Å². The molecular weight excluding hydrogens is 238 g/mol. The molecule has 0 aliphatic rings. The van der Waals surface area contributed by atoms with Crippen molar-refractivity contribution in [2.24, 2.45) is 0 Å². The highest BCUT2D eigenvalue weighted by Crippen LogP contribution is 2.12. The van der Waals surface area contributed by atoms with Crippen LogP contribution in [0.4, 0.5) is 0 Å². The third kappa shape index (κ3) is 17.9. The van der Waals surface area contributed by atoms with Crippen LogP contribution in [0.5, 0.6) is 0 Å². The van der Waals surface area contributed by atoms with E-state index in [1.807, 2.05) is 0 Å². The van der Waals surface area contributed by atoms with Crippen LogP contribution < -0.4 is 5.48 Å². The number of nitrogens with one attached hydrogen (secondary N) is 1. The molecule has 2 N–H and O–H groups in total. The summed E-state index contributed by atoms with van der Waals surface area (Å²) < 4.78 is 0. The second-order valence-electron chi connectivity index (χ2n) is 5.58. The molecule has 0 aliphatic heterocycles. The van der Waals surface area contributed by atoms with Crippen LogP contribution >= 0.6 is 0 Å². The van der Waals surface area contributed by atoms with Gasteiger partial charge in [0, 0.05) is 6.54 Å². The van der Waals surface area contributed by atoms with Crippen LogP contribution in [-0.4, -0.2) is 11.8 Å². The lowest BCUT2D eigenvalue weighted by Gasteiger charge is -2.03. The van der Waals surface area contributed by atoms with Crippen molar-refractivity contribution in [1.82, 2.24) is 5.48 Å². The van der Waals surface area contributed by atoms with E-state index in [-0.39, 0.29) is 0 Å². The molecule has 0 atom stereocenters. The van der Waals surface area contributed by atoms with Crippen LogP contribution in [0.25, 0.3) is 0 Å². The normalized spacial score (nSPS) is 11.1. The van der Waals surface area contributed by atoms with Gasteiger partial charge in [-0.2, -0.15) is 5.48 Å². The van der Waals surface area contributed by atoms with Crippen molar-refractivity contribution in [3.63, 3.8) is 0 Å². The molecule has 0 rings (SSSR count). The third-order valence-electron chi connectivity index (χ3n) is 3.70. The quantitative estimate of drug-likeness (QED) is 0.223. The van der Waals surface area contributed by atoms with E-state index >= 15 is 0 Å². The molecule has 0 saturated heterocycles. The molecule has 0 amide bonds. The van der Waals surface area contributed by atoms with Crippen LogP contribution in [0, 0.1) is 0 Å². The van der Waals surface area contributed by atoms with E-state index in [1.165, 1.54) is 83.5 Å². The first-order valence-electron chi connectivity index (χ1n) is 8.45. The Labute approximate surface area is 120 Å². The largest absolute Gasteiger partial charge is 0.233 e. The maximum Gasteiger partial charge on any atom is 0.0239 e. The Morgan fingerprint density at radius 3 is 1.37 bits per heavy atom. The van der Waals surface area contributed by atoms with Gasteiger partial charge in [0.25, 0.3) is 0 Å². The molecule has 0 bridgehead atoms. The van der Waals surface area contributed by atoms with Gasteiger partial charge < -0.3 is 0 Å². The standard InChI is InChI=1S/C16H35NO2/c1-2-3-4-5-6-7-8-9-10-11-12-13-14-15-16-17-19-18/h17-18H,2-16H2,1H3. The molecule has 0 saturated carbocycles. The van der Waals surface area contributed by atoms with Gasteiger partial charge in [0.2, 0.25) is 0 Å². The molecule has 0 aromatic carbocycles. The van der Waals surface area contributed by atoms with E-state index in [9.17, 15) is 0 Å². The first-order chi connectivity index (χ1) is 9.41. The highest BCUT2D eigenvalue weighted by atomic mass is 17.2. The van der Waals surface area contributed by atoms with E-state index in [0.717, 1.165) is 13.0 Å². The van der Waals surface area contributed by atoms with Crippen molar-refractivity contribution in [3.05, 3.63) is 0 Å². The van der Waals surface area contributed by atoms with E-state index < -0.39 is 0 Å². The van der Waals surface area contributed by atoms with Crippen LogP contribution in [0.3, 0.4) is 0 Å². The SMILES string of the molecule is CCCCCCCCCCCCCCCCNOO. The topological polar surface area (TPSA) is 41.5 Å². The smallest absolute Gasteiger partial charge is 0.0239 e. The second kappa shape index (κ2) is 17.9. The summed E-state index contributed by atoms with van der Waals surface area (Å²) in [5.41, 5.74) is 2.45. The predicted octanol–water partition coefficient (Wildman–Crippen LogP) is 5.46. The molecule has 0 aliphatic carbocycles. The Hall–Kier alpha value is -0.120. The molecule has 0 spiro atoms. The van der Waals surface area contributed by atoms with Gasteiger partial charge >= 0.3 is 0 Å². The van der Waals surface area contributed by atoms with Gasteiger partial charge in [-0.05, 0) is 6.42 Å². The summed E-state index contributed by atoms with van der Waals surface area (Å²) in [6.45, 7) is 3.02. The van der Waals surface area contributed by atoms with E-state index in [2.05, 4.69) is 17.4 Å². The third-order valence-corrected chi connectivity index (χ3v) is 3.70. The number of hydroxylamine groups is 1. The zero-order chi connectivity index (χ0) is 14.0. The van der Waals surface area contributed by atoms with Crippen molar-refractivity contribution in [2.75, 3.05) is 6.54 Å². The monoisotopic (exact) mass is 273 g/mol. The van der Waals surface area contributed by atoms with Crippen molar-refractivity contribution in [1.29, 1.82) is 0 Å². The van der Waals surface area contributed by atoms with Gasteiger partial charge in [-0.15, -0.1) is 4.99 Å². The van der Waals surface area contributed by atoms with Crippen LogP contribution in [0.1, 0.15) is 96.8 Å². The lowest BCUT2D eigenvalue weighted by Crippen LogP contribution is -2.13. The second-order valence-corrected chi connectivity index (χ2v) is 5.58. The summed E-state index contributed by atoms with van der Waals surface area (Å²) in [7, 11) is 0. The number of hydrogen-bond donors (Lipinski definition) is 2. The van der Waals surface area contributed by atoms with Gasteiger partial charge in [-0.1, -0.05) is 90.4 Å². The number of hydrogen-bond acceptors (Lipinski definition) is 3. The highest BCUT2D eigenvalue weighted by molar-refractivity contribution is 4.49.